The molecule has 0 spiro atoms. The van der Waals surface area contributed by atoms with Crippen molar-refractivity contribution in [1.29, 1.82) is 0 Å². The van der Waals surface area contributed by atoms with E-state index in [-0.39, 0.29) is 18.1 Å². The summed E-state index contributed by atoms with van der Waals surface area (Å²) in [6.07, 6.45) is 1.39. The third kappa shape index (κ3) is 5.27. The van der Waals surface area contributed by atoms with Crippen molar-refractivity contribution >= 4 is 27.3 Å². The van der Waals surface area contributed by atoms with Crippen LogP contribution in [0.5, 0.6) is 0 Å². The highest BCUT2D eigenvalue weighted by molar-refractivity contribution is 7.88. The van der Waals surface area contributed by atoms with Gasteiger partial charge >= 0.3 is 0 Å². The predicted octanol–water partition coefficient (Wildman–Crippen LogP) is 2.09. The minimum absolute atomic E-state index is 0.164. The molecule has 0 aliphatic carbocycles. The van der Waals surface area contributed by atoms with Crippen LogP contribution in [0.15, 0.2) is 48.5 Å². The molecule has 2 aromatic carbocycles. The Labute approximate surface area is 158 Å². The molecule has 0 bridgehead atoms. The van der Waals surface area contributed by atoms with E-state index in [9.17, 15) is 17.6 Å². The third-order valence-corrected chi connectivity index (χ3v) is 5.78. The molecule has 27 heavy (non-hydrogen) atoms. The number of benzene rings is 2. The molecule has 8 heteroatoms. The zero-order chi connectivity index (χ0) is 19.4. The second kappa shape index (κ2) is 8.06. The molecule has 2 aromatic rings. The standard InChI is InChI=1S/C19H22FN3O3S/c1-27(25,26)23-11-9-22(10-12-23)18-4-2-3-17(14-18)21-19(24)13-15-5-7-16(20)8-6-15/h2-8,14H,9-13H2,1H3,(H,21,24). The Morgan fingerprint density at radius 1 is 1.07 bits per heavy atom. The van der Waals surface area contributed by atoms with Crippen LogP contribution in [0.4, 0.5) is 15.8 Å². The summed E-state index contributed by atoms with van der Waals surface area (Å²) in [4.78, 5) is 14.3. The third-order valence-electron chi connectivity index (χ3n) is 4.48. The van der Waals surface area contributed by atoms with Crippen LogP contribution in [-0.4, -0.2) is 51.1 Å². The molecule has 1 amide bonds. The van der Waals surface area contributed by atoms with Gasteiger partial charge in [0.05, 0.1) is 12.7 Å². The fourth-order valence-electron chi connectivity index (χ4n) is 3.05. The van der Waals surface area contributed by atoms with Gasteiger partial charge in [-0.1, -0.05) is 18.2 Å². The van der Waals surface area contributed by atoms with Crippen molar-refractivity contribution in [1.82, 2.24) is 4.31 Å². The van der Waals surface area contributed by atoms with Crippen molar-refractivity contribution in [3.8, 4) is 0 Å². The van der Waals surface area contributed by atoms with Crippen LogP contribution in [0.1, 0.15) is 5.56 Å². The van der Waals surface area contributed by atoms with E-state index in [0.29, 0.717) is 31.9 Å². The van der Waals surface area contributed by atoms with Crippen molar-refractivity contribution in [2.45, 2.75) is 6.42 Å². The van der Waals surface area contributed by atoms with E-state index >= 15 is 0 Å². The highest BCUT2D eigenvalue weighted by Crippen LogP contribution is 2.21. The molecule has 1 N–H and O–H groups in total. The molecule has 0 saturated carbocycles. The average molecular weight is 391 g/mol. The number of sulfonamides is 1. The molecule has 0 unspecified atom stereocenters. The first-order valence-corrected chi connectivity index (χ1v) is 10.5. The Bertz CT molecular complexity index is 908. The monoisotopic (exact) mass is 391 g/mol. The maximum Gasteiger partial charge on any atom is 0.228 e. The minimum Gasteiger partial charge on any atom is -0.369 e. The second-order valence-corrected chi connectivity index (χ2v) is 8.53. The van der Waals surface area contributed by atoms with Gasteiger partial charge in [-0.15, -0.1) is 0 Å². The van der Waals surface area contributed by atoms with Gasteiger partial charge in [-0.05, 0) is 35.9 Å². The Balaban J connectivity index is 1.60. The van der Waals surface area contributed by atoms with Crippen molar-refractivity contribution in [3.63, 3.8) is 0 Å². The molecule has 1 aliphatic rings. The highest BCUT2D eigenvalue weighted by atomic mass is 32.2. The molecule has 1 heterocycles. The molecule has 1 fully saturated rings. The van der Waals surface area contributed by atoms with E-state index in [1.165, 1.54) is 22.7 Å². The molecule has 1 aliphatic heterocycles. The molecule has 0 radical (unpaired) electrons. The van der Waals surface area contributed by atoms with E-state index in [1.54, 1.807) is 18.2 Å². The first-order valence-electron chi connectivity index (χ1n) is 8.66. The van der Waals surface area contributed by atoms with E-state index in [4.69, 9.17) is 0 Å². The number of rotatable bonds is 5. The number of halogens is 1. The number of piperazine rings is 1. The fourth-order valence-corrected chi connectivity index (χ4v) is 3.88. The first-order chi connectivity index (χ1) is 12.8. The Morgan fingerprint density at radius 3 is 2.37 bits per heavy atom. The quantitative estimate of drug-likeness (QED) is 0.847. The summed E-state index contributed by atoms with van der Waals surface area (Å²) in [6, 6.07) is 13.3. The number of hydrogen-bond acceptors (Lipinski definition) is 4. The summed E-state index contributed by atoms with van der Waals surface area (Å²) in [7, 11) is -3.16. The maximum absolute atomic E-state index is 12.9. The molecule has 6 nitrogen and oxygen atoms in total. The van der Waals surface area contributed by atoms with Gasteiger partial charge in [0.1, 0.15) is 5.82 Å². The van der Waals surface area contributed by atoms with E-state index in [2.05, 4.69) is 10.2 Å². The number of carbonyl (C=O) groups is 1. The normalized spacial score (nSPS) is 15.6. The summed E-state index contributed by atoms with van der Waals surface area (Å²) in [6.45, 7) is 2.08. The SMILES string of the molecule is CS(=O)(=O)N1CCN(c2cccc(NC(=O)Cc3ccc(F)cc3)c2)CC1. The van der Waals surface area contributed by atoms with Crippen LogP contribution in [0, 0.1) is 5.82 Å². The van der Waals surface area contributed by atoms with Crippen molar-refractivity contribution in [2.75, 3.05) is 42.7 Å². The number of carbonyl (C=O) groups excluding carboxylic acids is 1. The second-order valence-electron chi connectivity index (χ2n) is 6.55. The molecular weight excluding hydrogens is 369 g/mol. The van der Waals surface area contributed by atoms with Gasteiger partial charge in [0.15, 0.2) is 0 Å². The Kier molecular flexibility index (Phi) is 5.76. The summed E-state index contributed by atoms with van der Waals surface area (Å²) in [5.74, 6) is -0.511. The van der Waals surface area contributed by atoms with E-state index < -0.39 is 10.0 Å². The zero-order valence-corrected chi connectivity index (χ0v) is 15.9. The van der Waals surface area contributed by atoms with E-state index in [0.717, 1.165) is 11.3 Å². The van der Waals surface area contributed by atoms with Crippen molar-refractivity contribution in [2.24, 2.45) is 0 Å². The maximum atomic E-state index is 12.9. The molecule has 144 valence electrons. The Hall–Kier alpha value is -2.45. The summed E-state index contributed by atoms with van der Waals surface area (Å²) in [5.41, 5.74) is 2.34. The largest absolute Gasteiger partial charge is 0.369 e. The lowest BCUT2D eigenvalue weighted by Gasteiger charge is -2.34. The first kappa shape index (κ1) is 19.3. The lowest BCUT2D eigenvalue weighted by Crippen LogP contribution is -2.48. The topological polar surface area (TPSA) is 69.7 Å². The highest BCUT2D eigenvalue weighted by Gasteiger charge is 2.23. The van der Waals surface area contributed by atoms with Crippen LogP contribution >= 0.6 is 0 Å². The van der Waals surface area contributed by atoms with Gasteiger partial charge in [-0.2, -0.15) is 4.31 Å². The van der Waals surface area contributed by atoms with Gasteiger partial charge in [0.25, 0.3) is 0 Å². The molecule has 3 rings (SSSR count). The van der Waals surface area contributed by atoms with Gasteiger partial charge in [-0.25, -0.2) is 12.8 Å². The molecule has 0 aromatic heterocycles. The number of hydrogen-bond donors (Lipinski definition) is 1. The van der Waals surface area contributed by atoms with Crippen LogP contribution in [0.2, 0.25) is 0 Å². The molecule has 0 atom stereocenters. The lowest BCUT2D eigenvalue weighted by atomic mass is 10.1. The molecule has 1 saturated heterocycles. The van der Waals surface area contributed by atoms with E-state index in [1.807, 2.05) is 18.2 Å². The lowest BCUT2D eigenvalue weighted by molar-refractivity contribution is -0.115. The number of anilines is 2. The van der Waals surface area contributed by atoms with Crippen LogP contribution < -0.4 is 10.2 Å². The molecular formula is C19H22FN3O3S. The summed E-state index contributed by atoms with van der Waals surface area (Å²) in [5, 5.41) is 2.85. The smallest absolute Gasteiger partial charge is 0.228 e. The van der Waals surface area contributed by atoms with Gasteiger partial charge in [0.2, 0.25) is 15.9 Å². The summed E-state index contributed by atoms with van der Waals surface area (Å²) >= 11 is 0. The number of nitrogens with one attached hydrogen (secondary N) is 1. The number of amides is 1. The van der Waals surface area contributed by atoms with Crippen LogP contribution in [-0.2, 0) is 21.2 Å². The van der Waals surface area contributed by atoms with Gasteiger partial charge in [0, 0.05) is 37.6 Å². The van der Waals surface area contributed by atoms with Gasteiger partial charge in [-0.3, -0.25) is 4.79 Å². The summed E-state index contributed by atoms with van der Waals surface area (Å²) < 4.78 is 37.6. The zero-order valence-electron chi connectivity index (χ0n) is 15.1. The predicted molar refractivity (Wildman–Crippen MR) is 104 cm³/mol. The number of nitrogens with zero attached hydrogens (tertiary/aromatic N) is 2. The average Bonchev–Trinajstić information content (AvgIpc) is 2.63. The van der Waals surface area contributed by atoms with Crippen molar-refractivity contribution < 1.29 is 17.6 Å². The minimum atomic E-state index is -3.16. The van der Waals surface area contributed by atoms with Crippen LogP contribution in [0.25, 0.3) is 0 Å². The fraction of sp³-hybridized carbons (Fsp3) is 0.316. The van der Waals surface area contributed by atoms with Crippen molar-refractivity contribution in [3.05, 3.63) is 59.9 Å². The Morgan fingerprint density at radius 2 is 1.74 bits per heavy atom. The van der Waals surface area contributed by atoms with Gasteiger partial charge < -0.3 is 10.2 Å². The van der Waals surface area contributed by atoms with Crippen LogP contribution in [0.3, 0.4) is 0 Å².